The van der Waals surface area contributed by atoms with Crippen LogP contribution in [0.2, 0.25) is 0 Å². The summed E-state index contributed by atoms with van der Waals surface area (Å²) in [5.41, 5.74) is -1.72. The van der Waals surface area contributed by atoms with Crippen molar-refractivity contribution in [1.29, 1.82) is 5.26 Å². The molecule has 3 nitrogen and oxygen atoms in total. The summed E-state index contributed by atoms with van der Waals surface area (Å²) < 4.78 is 42.8. The topological polar surface area (TPSA) is 50.1 Å². The summed E-state index contributed by atoms with van der Waals surface area (Å²) in [6.45, 7) is 0. The minimum atomic E-state index is -4.64. The van der Waals surface area contributed by atoms with Crippen LogP contribution in [-0.2, 0) is 16.2 Å². The highest BCUT2D eigenvalue weighted by Crippen LogP contribution is 2.35. The van der Waals surface area contributed by atoms with Crippen molar-refractivity contribution >= 4 is 21.9 Å². The molecule has 0 aliphatic heterocycles. The second kappa shape index (κ2) is 5.40. The van der Waals surface area contributed by atoms with E-state index in [1.54, 1.807) is 6.07 Å². The van der Waals surface area contributed by atoms with Crippen molar-refractivity contribution in [3.05, 3.63) is 34.4 Å². The number of carbonyl (C=O) groups excluding carboxylic acids is 1. The molecule has 1 aromatic carbocycles. The second-order valence-electron chi connectivity index (χ2n) is 3.28. The van der Waals surface area contributed by atoms with Crippen LogP contribution in [0, 0.1) is 11.3 Å². The lowest BCUT2D eigenvalue weighted by Crippen LogP contribution is -2.13. The van der Waals surface area contributed by atoms with E-state index >= 15 is 0 Å². The Hall–Kier alpha value is -1.55. The van der Waals surface area contributed by atoms with Gasteiger partial charge in [-0.05, 0) is 17.7 Å². The number of hydrogen-bond donors (Lipinski definition) is 0. The van der Waals surface area contributed by atoms with Crippen molar-refractivity contribution in [3.8, 4) is 6.07 Å². The van der Waals surface area contributed by atoms with Gasteiger partial charge in [0.1, 0.15) is 0 Å². The van der Waals surface area contributed by atoms with Gasteiger partial charge in [0, 0.05) is 5.33 Å². The summed E-state index contributed by atoms with van der Waals surface area (Å²) in [4.78, 5) is 11.2. The maximum absolute atomic E-state index is 12.8. The van der Waals surface area contributed by atoms with Crippen molar-refractivity contribution < 1.29 is 22.7 Å². The zero-order valence-corrected chi connectivity index (χ0v) is 10.7. The molecule has 0 fully saturated rings. The minimum Gasteiger partial charge on any atom is -0.465 e. The average molecular weight is 322 g/mol. The molecule has 0 radical (unpaired) electrons. The molecule has 0 amide bonds. The third kappa shape index (κ3) is 2.82. The van der Waals surface area contributed by atoms with Gasteiger partial charge >= 0.3 is 12.1 Å². The molecule has 0 N–H and O–H groups in total. The number of methoxy groups -OCH3 is 1. The van der Waals surface area contributed by atoms with Crippen LogP contribution >= 0.6 is 15.9 Å². The first-order chi connectivity index (χ1) is 8.35. The van der Waals surface area contributed by atoms with E-state index in [2.05, 4.69) is 20.7 Å². The normalized spacial score (nSPS) is 10.9. The van der Waals surface area contributed by atoms with Gasteiger partial charge in [-0.2, -0.15) is 18.4 Å². The number of alkyl halides is 4. The molecule has 18 heavy (non-hydrogen) atoms. The van der Waals surface area contributed by atoms with Gasteiger partial charge in [0.2, 0.25) is 0 Å². The lowest BCUT2D eigenvalue weighted by Gasteiger charge is -2.14. The maximum Gasteiger partial charge on any atom is 0.416 e. The highest BCUT2D eigenvalue weighted by molar-refractivity contribution is 9.08. The molecule has 1 rings (SSSR count). The van der Waals surface area contributed by atoms with Gasteiger partial charge in [0.15, 0.2) is 0 Å². The van der Waals surface area contributed by atoms with Gasteiger partial charge in [0.05, 0.1) is 29.9 Å². The fraction of sp³-hybridized carbons (Fsp3) is 0.273. The van der Waals surface area contributed by atoms with Gasteiger partial charge in [-0.1, -0.05) is 15.9 Å². The number of esters is 1. The molecule has 0 atom stereocenters. The number of rotatable bonds is 2. The zero-order chi connectivity index (χ0) is 13.9. The lowest BCUT2D eigenvalue weighted by atomic mass is 9.99. The van der Waals surface area contributed by atoms with Gasteiger partial charge < -0.3 is 4.74 Å². The van der Waals surface area contributed by atoms with Gasteiger partial charge in [0.25, 0.3) is 0 Å². The Balaban J connectivity index is 3.57. The van der Waals surface area contributed by atoms with Gasteiger partial charge in [-0.25, -0.2) is 4.79 Å². The Morgan fingerprint density at radius 2 is 2.11 bits per heavy atom. The Labute approximate surface area is 109 Å². The molecule has 0 unspecified atom stereocenters. The van der Waals surface area contributed by atoms with Crippen LogP contribution in [0.4, 0.5) is 13.2 Å². The Kier molecular flexibility index (Phi) is 4.35. The first kappa shape index (κ1) is 14.5. The Morgan fingerprint density at radius 1 is 1.50 bits per heavy atom. The molecule has 7 heteroatoms. The van der Waals surface area contributed by atoms with Crippen LogP contribution < -0.4 is 0 Å². The summed E-state index contributed by atoms with van der Waals surface area (Å²) in [6, 6.07) is 3.41. The summed E-state index contributed by atoms with van der Waals surface area (Å²) in [5, 5.41) is 8.70. The van der Waals surface area contributed by atoms with E-state index in [-0.39, 0.29) is 22.0 Å². The minimum absolute atomic E-state index is 0.133. The number of benzene rings is 1. The number of nitrogens with zero attached hydrogens (tertiary/aromatic N) is 1. The number of halogens is 4. The first-order valence-corrected chi connectivity index (χ1v) is 5.75. The van der Waals surface area contributed by atoms with E-state index in [9.17, 15) is 18.0 Å². The fourth-order valence-corrected chi connectivity index (χ4v) is 2.01. The second-order valence-corrected chi connectivity index (χ2v) is 3.85. The quantitative estimate of drug-likeness (QED) is 0.620. The van der Waals surface area contributed by atoms with E-state index in [0.717, 1.165) is 13.2 Å². The smallest absolute Gasteiger partial charge is 0.416 e. The SMILES string of the molecule is COC(=O)c1cc(C#N)c(CBr)c(C(F)(F)F)c1. The molecule has 0 saturated carbocycles. The van der Waals surface area contributed by atoms with Crippen LogP contribution in [0.25, 0.3) is 0 Å². The van der Waals surface area contributed by atoms with E-state index in [0.29, 0.717) is 6.07 Å². The van der Waals surface area contributed by atoms with Gasteiger partial charge in [-0.15, -0.1) is 0 Å². The van der Waals surface area contributed by atoms with Crippen molar-refractivity contribution in [2.75, 3.05) is 7.11 Å². The third-order valence-corrected chi connectivity index (χ3v) is 2.79. The largest absolute Gasteiger partial charge is 0.465 e. The molecule has 0 aliphatic rings. The highest BCUT2D eigenvalue weighted by atomic mass is 79.9. The number of ether oxygens (including phenoxy) is 1. The van der Waals surface area contributed by atoms with Crippen LogP contribution in [0.15, 0.2) is 12.1 Å². The van der Waals surface area contributed by atoms with Crippen molar-refractivity contribution in [1.82, 2.24) is 0 Å². The zero-order valence-electron chi connectivity index (χ0n) is 9.14. The predicted molar refractivity (Wildman–Crippen MR) is 60.1 cm³/mol. The first-order valence-electron chi connectivity index (χ1n) is 4.63. The molecular weight excluding hydrogens is 315 g/mol. The Bertz CT molecular complexity index is 520. The van der Waals surface area contributed by atoms with Crippen molar-refractivity contribution in [2.45, 2.75) is 11.5 Å². The third-order valence-electron chi connectivity index (χ3n) is 2.23. The molecule has 1 aromatic rings. The average Bonchev–Trinajstić information content (AvgIpc) is 2.34. The standard InChI is InChI=1S/C11H7BrF3NO2/c1-18-10(17)6-2-7(5-16)8(4-12)9(3-6)11(13,14)15/h2-3H,4H2,1H3. The molecular formula is C11H7BrF3NO2. The molecule has 0 aromatic heterocycles. The number of hydrogen-bond acceptors (Lipinski definition) is 3. The van der Waals surface area contributed by atoms with Gasteiger partial charge in [-0.3, -0.25) is 0 Å². The molecule has 0 aliphatic carbocycles. The molecule has 0 saturated heterocycles. The van der Waals surface area contributed by atoms with Crippen molar-refractivity contribution in [3.63, 3.8) is 0 Å². The summed E-state index contributed by atoms with van der Waals surface area (Å²) in [5.74, 6) is -0.918. The molecule has 0 heterocycles. The van der Waals surface area contributed by atoms with E-state index in [1.807, 2.05) is 0 Å². The van der Waals surface area contributed by atoms with E-state index in [1.165, 1.54) is 0 Å². The van der Waals surface area contributed by atoms with Crippen LogP contribution in [0.3, 0.4) is 0 Å². The summed E-state index contributed by atoms with van der Waals surface area (Å²) in [7, 11) is 1.06. The molecule has 96 valence electrons. The molecule has 0 bridgehead atoms. The fourth-order valence-electron chi connectivity index (χ4n) is 1.40. The molecule has 0 spiro atoms. The maximum atomic E-state index is 12.8. The number of nitriles is 1. The monoisotopic (exact) mass is 321 g/mol. The lowest BCUT2D eigenvalue weighted by molar-refractivity contribution is -0.138. The summed E-state index contributed by atoms with van der Waals surface area (Å²) >= 11 is 2.90. The van der Waals surface area contributed by atoms with Crippen LogP contribution in [0.5, 0.6) is 0 Å². The van der Waals surface area contributed by atoms with E-state index < -0.39 is 17.7 Å². The van der Waals surface area contributed by atoms with Crippen LogP contribution in [-0.4, -0.2) is 13.1 Å². The van der Waals surface area contributed by atoms with Crippen molar-refractivity contribution in [2.24, 2.45) is 0 Å². The van der Waals surface area contributed by atoms with E-state index in [4.69, 9.17) is 5.26 Å². The Morgan fingerprint density at radius 3 is 2.50 bits per heavy atom. The predicted octanol–water partition coefficient (Wildman–Crippen LogP) is 3.26. The number of carbonyl (C=O) groups is 1. The highest BCUT2D eigenvalue weighted by Gasteiger charge is 2.35. The van der Waals surface area contributed by atoms with Crippen LogP contribution in [0.1, 0.15) is 27.0 Å². The summed E-state index contributed by atoms with van der Waals surface area (Å²) in [6.07, 6.45) is -4.64.